The summed E-state index contributed by atoms with van der Waals surface area (Å²) >= 11 is 0. The molecule has 0 unspecified atom stereocenters. The van der Waals surface area contributed by atoms with Crippen LogP contribution in [-0.4, -0.2) is 65.7 Å². The molecular weight excluding hydrogens is 416 g/mol. The van der Waals surface area contributed by atoms with Crippen LogP contribution >= 0.6 is 0 Å². The van der Waals surface area contributed by atoms with Crippen LogP contribution in [0.4, 0.5) is 0 Å². The number of aromatic nitrogens is 1. The second kappa shape index (κ2) is 10.4. The van der Waals surface area contributed by atoms with Crippen LogP contribution in [0, 0.1) is 0 Å². The zero-order valence-electron chi connectivity index (χ0n) is 17.6. The van der Waals surface area contributed by atoms with Crippen LogP contribution in [0.2, 0.25) is 0 Å². The van der Waals surface area contributed by atoms with Crippen molar-refractivity contribution < 1.29 is 29.1 Å². The van der Waals surface area contributed by atoms with Crippen LogP contribution in [0.5, 0.6) is 11.5 Å². The summed E-state index contributed by atoms with van der Waals surface area (Å²) < 4.78 is 10.4. The molecule has 1 saturated heterocycles. The Kier molecular flexibility index (Phi) is 7.40. The van der Waals surface area contributed by atoms with Gasteiger partial charge in [-0.05, 0) is 42.3 Å². The lowest BCUT2D eigenvalue weighted by molar-refractivity contribution is -0.140. The van der Waals surface area contributed by atoms with Crippen molar-refractivity contribution in [2.45, 2.75) is 18.5 Å². The number of likely N-dealkylation sites (tertiary alicyclic amines) is 1. The molecule has 10 nitrogen and oxygen atoms in total. The maximum atomic E-state index is 12.8. The number of ether oxygens (including phenoxy) is 2. The molecule has 3 rings (SSSR count). The van der Waals surface area contributed by atoms with E-state index in [1.807, 2.05) is 0 Å². The number of methoxy groups -OCH3 is 2. The normalized spacial score (nSPS) is 17.8. The molecule has 32 heavy (non-hydrogen) atoms. The third kappa shape index (κ3) is 5.22. The minimum atomic E-state index is -0.929. The number of benzene rings is 1. The molecule has 1 aliphatic heterocycles. The number of hydrogen-bond donors (Lipinski definition) is 3. The summed E-state index contributed by atoms with van der Waals surface area (Å²) in [5.74, 6) is -0.453. The Balaban J connectivity index is 1.72. The van der Waals surface area contributed by atoms with E-state index in [4.69, 9.17) is 14.7 Å². The van der Waals surface area contributed by atoms with Crippen molar-refractivity contribution in [3.8, 4) is 11.5 Å². The fourth-order valence-electron chi connectivity index (χ4n) is 3.49. The van der Waals surface area contributed by atoms with Crippen LogP contribution in [-0.2, 0) is 9.59 Å². The predicted octanol–water partition coefficient (Wildman–Crippen LogP) is 1.02. The maximum Gasteiger partial charge on any atom is 0.266 e. The van der Waals surface area contributed by atoms with Gasteiger partial charge in [-0.3, -0.25) is 24.6 Å². The van der Waals surface area contributed by atoms with E-state index in [0.29, 0.717) is 22.6 Å². The molecule has 3 N–H and O–H groups in total. The Morgan fingerprint density at radius 2 is 1.97 bits per heavy atom. The number of rotatable bonds is 7. The first-order chi connectivity index (χ1) is 15.5. The molecule has 0 saturated carbocycles. The van der Waals surface area contributed by atoms with Crippen molar-refractivity contribution in [1.29, 1.82) is 0 Å². The van der Waals surface area contributed by atoms with Gasteiger partial charge in [-0.15, -0.1) is 0 Å². The maximum absolute atomic E-state index is 12.8. The molecular formula is C22H24N4O6. The average molecular weight is 440 g/mol. The van der Waals surface area contributed by atoms with Gasteiger partial charge >= 0.3 is 0 Å². The Hall–Kier alpha value is -3.92. The van der Waals surface area contributed by atoms with E-state index in [1.54, 1.807) is 48.1 Å². The Morgan fingerprint density at radius 1 is 1.19 bits per heavy atom. The van der Waals surface area contributed by atoms with Crippen molar-refractivity contribution in [3.05, 3.63) is 59.9 Å². The summed E-state index contributed by atoms with van der Waals surface area (Å²) in [6, 6.07) is 7.03. The number of pyridine rings is 1. The lowest BCUT2D eigenvalue weighted by Gasteiger charge is -2.21. The topological polar surface area (TPSA) is 130 Å². The molecule has 1 aliphatic rings. The third-order valence-electron chi connectivity index (χ3n) is 5.08. The van der Waals surface area contributed by atoms with Crippen LogP contribution in [0.1, 0.15) is 22.3 Å². The first kappa shape index (κ1) is 22.8. The molecule has 0 spiro atoms. The smallest absolute Gasteiger partial charge is 0.266 e. The van der Waals surface area contributed by atoms with Gasteiger partial charge in [-0.25, -0.2) is 5.48 Å². The molecule has 2 aromatic rings. The van der Waals surface area contributed by atoms with Crippen LogP contribution in [0.15, 0.2) is 48.8 Å². The lowest BCUT2D eigenvalue weighted by Crippen LogP contribution is -2.44. The fraction of sp³-hybridized carbons (Fsp3) is 0.273. The number of hydroxylamine groups is 1. The van der Waals surface area contributed by atoms with Gasteiger partial charge in [0.25, 0.3) is 11.8 Å². The minimum Gasteiger partial charge on any atom is -0.493 e. The molecule has 3 amide bonds. The van der Waals surface area contributed by atoms with Crippen molar-refractivity contribution in [2.24, 2.45) is 0 Å². The van der Waals surface area contributed by atoms with Gasteiger partial charge in [0.15, 0.2) is 11.5 Å². The summed E-state index contributed by atoms with van der Waals surface area (Å²) in [6.45, 7) is 0.110. The van der Waals surface area contributed by atoms with Gasteiger partial charge in [0.1, 0.15) is 6.04 Å². The van der Waals surface area contributed by atoms with E-state index in [9.17, 15) is 14.4 Å². The summed E-state index contributed by atoms with van der Waals surface area (Å²) in [5.41, 5.74) is 2.65. The monoisotopic (exact) mass is 440 g/mol. The SMILES string of the molecule is COc1ccc(/C=C/C(=O)N2C[C@@H](NC(=O)c3cccnc3)C[C@H]2C(=O)NO)cc1OC. The molecule has 1 aromatic heterocycles. The molecule has 2 heterocycles. The zero-order valence-corrected chi connectivity index (χ0v) is 17.6. The van der Waals surface area contributed by atoms with Crippen molar-refractivity contribution >= 4 is 23.8 Å². The second-order valence-electron chi connectivity index (χ2n) is 7.08. The number of nitrogens with zero attached hydrogens (tertiary/aromatic N) is 2. The number of nitrogens with one attached hydrogen (secondary N) is 2. The Labute approximate surface area is 184 Å². The molecule has 0 aliphatic carbocycles. The zero-order chi connectivity index (χ0) is 23.1. The second-order valence-corrected chi connectivity index (χ2v) is 7.08. The van der Waals surface area contributed by atoms with Gasteiger partial charge < -0.3 is 19.7 Å². The lowest BCUT2D eigenvalue weighted by atomic mass is 10.1. The molecule has 1 fully saturated rings. The van der Waals surface area contributed by atoms with Gasteiger partial charge in [0.05, 0.1) is 19.8 Å². The van der Waals surface area contributed by atoms with Crippen LogP contribution in [0.25, 0.3) is 6.08 Å². The highest BCUT2D eigenvalue weighted by molar-refractivity contribution is 5.97. The van der Waals surface area contributed by atoms with Crippen molar-refractivity contribution in [3.63, 3.8) is 0 Å². The summed E-state index contributed by atoms with van der Waals surface area (Å²) in [5, 5.41) is 11.9. The molecule has 10 heteroatoms. The van der Waals surface area contributed by atoms with E-state index in [0.717, 1.165) is 0 Å². The molecule has 168 valence electrons. The Bertz CT molecular complexity index is 1010. The fourth-order valence-corrected chi connectivity index (χ4v) is 3.49. The number of hydrogen-bond acceptors (Lipinski definition) is 7. The number of carbonyl (C=O) groups excluding carboxylic acids is 3. The minimum absolute atomic E-state index is 0.110. The highest BCUT2D eigenvalue weighted by Gasteiger charge is 2.39. The van der Waals surface area contributed by atoms with Gasteiger partial charge in [-0.1, -0.05) is 6.07 Å². The van der Waals surface area contributed by atoms with Gasteiger partial charge in [-0.2, -0.15) is 0 Å². The average Bonchev–Trinajstić information content (AvgIpc) is 3.26. The van der Waals surface area contributed by atoms with E-state index in [-0.39, 0.29) is 18.9 Å². The van der Waals surface area contributed by atoms with Crippen molar-refractivity contribution in [2.75, 3.05) is 20.8 Å². The highest BCUT2D eigenvalue weighted by Crippen LogP contribution is 2.28. The third-order valence-corrected chi connectivity index (χ3v) is 5.08. The number of amides is 3. The molecule has 0 bridgehead atoms. The first-order valence-electron chi connectivity index (χ1n) is 9.82. The van der Waals surface area contributed by atoms with E-state index in [2.05, 4.69) is 10.3 Å². The van der Waals surface area contributed by atoms with Gasteiger partial charge in [0, 0.05) is 31.1 Å². The standard InChI is InChI=1S/C22H24N4O6/c1-31-18-7-5-14(10-19(18)32-2)6-8-20(27)26-13-16(11-17(26)22(29)25-30)24-21(28)15-4-3-9-23-12-15/h3-10,12,16-17,30H,11,13H2,1-2H3,(H,24,28)(H,25,29)/b8-6+/t16-,17-/m0/s1. The van der Waals surface area contributed by atoms with Crippen LogP contribution in [0.3, 0.4) is 0 Å². The first-order valence-corrected chi connectivity index (χ1v) is 9.82. The van der Waals surface area contributed by atoms with E-state index < -0.39 is 23.9 Å². The summed E-state index contributed by atoms with van der Waals surface area (Å²) in [4.78, 5) is 42.6. The van der Waals surface area contributed by atoms with Crippen molar-refractivity contribution in [1.82, 2.24) is 20.7 Å². The number of carbonyl (C=O) groups is 3. The highest BCUT2D eigenvalue weighted by atomic mass is 16.5. The molecule has 2 atom stereocenters. The van der Waals surface area contributed by atoms with E-state index in [1.165, 1.54) is 31.4 Å². The largest absolute Gasteiger partial charge is 0.493 e. The summed E-state index contributed by atoms with van der Waals surface area (Å²) in [7, 11) is 3.04. The Morgan fingerprint density at radius 3 is 2.62 bits per heavy atom. The van der Waals surface area contributed by atoms with E-state index >= 15 is 0 Å². The summed E-state index contributed by atoms with van der Waals surface area (Å²) in [6.07, 6.45) is 6.05. The molecule has 1 aromatic carbocycles. The molecule has 0 radical (unpaired) electrons. The van der Waals surface area contributed by atoms with Crippen LogP contribution < -0.4 is 20.3 Å². The quantitative estimate of drug-likeness (QED) is 0.333. The predicted molar refractivity (Wildman–Crippen MR) is 114 cm³/mol. The van der Waals surface area contributed by atoms with Gasteiger partial charge in [0.2, 0.25) is 5.91 Å².